The predicted octanol–water partition coefficient (Wildman–Crippen LogP) is 3.45. The number of benzene rings is 2. The van der Waals surface area contributed by atoms with E-state index in [0.29, 0.717) is 0 Å². The lowest BCUT2D eigenvalue weighted by Gasteiger charge is -2.20. The Morgan fingerprint density at radius 3 is 2.19 bits per heavy atom. The fraction of sp³-hybridized carbons (Fsp3) is 0.292. The molecule has 0 bridgehead atoms. The number of hydrogen-bond donors (Lipinski definition) is 3. The molecule has 31 heavy (non-hydrogen) atoms. The largest absolute Gasteiger partial charge is 0.481 e. The number of amides is 2. The zero-order valence-electron chi connectivity index (χ0n) is 17.3. The fourth-order valence-corrected chi connectivity index (χ4v) is 3.70. The van der Waals surface area contributed by atoms with Crippen molar-refractivity contribution in [2.75, 3.05) is 6.61 Å². The first-order chi connectivity index (χ1) is 14.9. The van der Waals surface area contributed by atoms with Crippen LogP contribution >= 0.6 is 0 Å². The van der Waals surface area contributed by atoms with Crippen LogP contribution < -0.4 is 10.6 Å². The van der Waals surface area contributed by atoms with Crippen molar-refractivity contribution in [3.05, 3.63) is 72.3 Å². The van der Waals surface area contributed by atoms with Crippen molar-refractivity contribution in [3.63, 3.8) is 0 Å². The van der Waals surface area contributed by atoms with Crippen LogP contribution in [0.25, 0.3) is 11.1 Å². The van der Waals surface area contributed by atoms with E-state index >= 15 is 0 Å². The van der Waals surface area contributed by atoms with Gasteiger partial charge in [0.25, 0.3) is 0 Å². The van der Waals surface area contributed by atoms with E-state index in [9.17, 15) is 14.4 Å². The minimum atomic E-state index is -1.05. The van der Waals surface area contributed by atoms with Gasteiger partial charge in [-0.25, -0.2) is 4.79 Å². The molecule has 0 saturated heterocycles. The molecule has 0 fully saturated rings. The minimum absolute atomic E-state index is 0.0464. The first-order valence-corrected chi connectivity index (χ1v) is 10.2. The molecule has 0 aromatic heterocycles. The Kier molecular flexibility index (Phi) is 7.07. The molecule has 0 radical (unpaired) electrons. The summed E-state index contributed by atoms with van der Waals surface area (Å²) >= 11 is 0. The monoisotopic (exact) mass is 422 g/mol. The number of alkyl carbamates (subject to hydrolysis) is 1. The minimum Gasteiger partial charge on any atom is -0.481 e. The van der Waals surface area contributed by atoms with Gasteiger partial charge in [0.15, 0.2) is 0 Å². The Morgan fingerprint density at radius 2 is 1.65 bits per heavy atom. The quantitative estimate of drug-likeness (QED) is 0.537. The average Bonchev–Trinajstić information content (AvgIpc) is 3.08. The number of carbonyl (C=O) groups excluding carboxylic acids is 2. The normalized spacial score (nSPS) is 14.0. The van der Waals surface area contributed by atoms with Crippen LogP contribution in [0.1, 0.15) is 36.8 Å². The molecule has 7 heteroatoms. The standard InChI is InChI=1S/C24H26N2O5/c1-3-15(2)25-23(29)21(12-13-22(27)28)26-24(30)31-14-20-18-10-6-4-8-16(18)17-9-5-7-11-19(17)20/h3-11,15,20-21H,1,12-14H2,2H3,(H,25,29)(H,26,30)(H,27,28). The van der Waals surface area contributed by atoms with Gasteiger partial charge in [-0.3, -0.25) is 9.59 Å². The maximum atomic E-state index is 12.5. The summed E-state index contributed by atoms with van der Waals surface area (Å²) < 4.78 is 5.46. The molecule has 2 aromatic carbocycles. The zero-order chi connectivity index (χ0) is 22.4. The van der Waals surface area contributed by atoms with Crippen molar-refractivity contribution >= 4 is 18.0 Å². The number of fused-ring (bicyclic) bond motifs is 3. The smallest absolute Gasteiger partial charge is 0.407 e. The number of nitrogens with one attached hydrogen (secondary N) is 2. The Hall–Kier alpha value is -3.61. The van der Waals surface area contributed by atoms with Gasteiger partial charge in [0.1, 0.15) is 12.6 Å². The molecule has 0 heterocycles. The van der Waals surface area contributed by atoms with Crippen molar-refractivity contribution in [3.8, 4) is 11.1 Å². The molecular weight excluding hydrogens is 396 g/mol. The summed E-state index contributed by atoms with van der Waals surface area (Å²) in [6.45, 7) is 5.43. The highest BCUT2D eigenvalue weighted by Gasteiger charge is 2.30. The van der Waals surface area contributed by atoms with E-state index in [1.54, 1.807) is 13.0 Å². The first-order valence-electron chi connectivity index (χ1n) is 10.2. The van der Waals surface area contributed by atoms with Gasteiger partial charge in [-0.2, -0.15) is 0 Å². The average molecular weight is 422 g/mol. The number of rotatable bonds is 9. The fourth-order valence-electron chi connectivity index (χ4n) is 3.70. The summed E-state index contributed by atoms with van der Waals surface area (Å²) in [5.41, 5.74) is 4.39. The van der Waals surface area contributed by atoms with Crippen LogP contribution in [-0.2, 0) is 14.3 Å². The summed E-state index contributed by atoms with van der Waals surface area (Å²) in [5.74, 6) is -1.64. The molecule has 0 spiro atoms. The summed E-state index contributed by atoms with van der Waals surface area (Å²) in [4.78, 5) is 35.8. The van der Waals surface area contributed by atoms with Gasteiger partial charge in [-0.05, 0) is 35.6 Å². The molecule has 2 atom stereocenters. The maximum Gasteiger partial charge on any atom is 0.407 e. The molecule has 2 unspecified atom stereocenters. The maximum absolute atomic E-state index is 12.5. The van der Waals surface area contributed by atoms with E-state index < -0.39 is 24.0 Å². The third kappa shape index (κ3) is 5.31. The highest BCUT2D eigenvalue weighted by Crippen LogP contribution is 2.44. The van der Waals surface area contributed by atoms with E-state index in [4.69, 9.17) is 9.84 Å². The zero-order valence-corrected chi connectivity index (χ0v) is 17.3. The molecule has 1 aliphatic carbocycles. The molecule has 7 nitrogen and oxygen atoms in total. The van der Waals surface area contributed by atoms with Gasteiger partial charge < -0.3 is 20.5 Å². The summed E-state index contributed by atoms with van der Waals surface area (Å²) in [6.07, 6.45) is 0.470. The van der Waals surface area contributed by atoms with Crippen molar-refractivity contribution in [2.24, 2.45) is 0 Å². The summed E-state index contributed by atoms with van der Waals surface area (Å²) in [7, 11) is 0. The van der Waals surface area contributed by atoms with Crippen molar-refractivity contribution in [2.45, 2.75) is 37.8 Å². The van der Waals surface area contributed by atoms with Gasteiger partial charge in [0, 0.05) is 18.4 Å². The number of ether oxygens (including phenoxy) is 1. The summed E-state index contributed by atoms with van der Waals surface area (Å²) in [6, 6.07) is 14.6. The Labute approximate surface area is 181 Å². The third-order valence-corrected chi connectivity index (χ3v) is 5.32. The van der Waals surface area contributed by atoms with Gasteiger partial charge in [-0.15, -0.1) is 6.58 Å². The number of carboxylic acid groups (broad SMARTS) is 1. The van der Waals surface area contributed by atoms with Crippen molar-refractivity contribution in [1.82, 2.24) is 10.6 Å². The molecule has 2 aromatic rings. The molecule has 3 N–H and O–H groups in total. The lowest BCUT2D eigenvalue weighted by molar-refractivity contribution is -0.137. The second kappa shape index (κ2) is 9.93. The van der Waals surface area contributed by atoms with Gasteiger partial charge >= 0.3 is 12.1 Å². The van der Waals surface area contributed by atoms with Crippen LogP contribution in [-0.4, -0.2) is 41.8 Å². The van der Waals surface area contributed by atoms with Crippen LogP contribution in [0.2, 0.25) is 0 Å². The Morgan fingerprint density at radius 1 is 1.06 bits per heavy atom. The molecule has 2 amide bonds. The van der Waals surface area contributed by atoms with E-state index in [1.165, 1.54) is 0 Å². The Bertz CT molecular complexity index is 942. The van der Waals surface area contributed by atoms with Crippen molar-refractivity contribution < 1.29 is 24.2 Å². The third-order valence-electron chi connectivity index (χ3n) is 5.32. The number of hydrogen-bond acceptors (Lipinski definition) is 4. The second-order valence-electron chi connectivity index (χ2n) is 7.49. The van der Waals surface area contributed by atoms with E-state index in [-0.39, 0.29) is 31.4 Å². The number of carbonyl (C=O) groups is 3. The number of carboxylic acids is 1. The highest BCUT2D eigenvalue weighted by molar-refractivity contribution is 5.86. The van der Waals surface area contributed by atoms with Crippen molar-refractivity contribution in [1.29, 1.82) is 0 Å². The van der Waals surface area contributed by atoms with Crippen LogP contribution in [0.3, 0.4) is 0 Å². The van der Waals surface area contributed by atoms with E-state index in [2.05, 4.69) is 17.2 Å². The molecule has 0 saturated carbocycles. The molecule has 1 aliphatic rings. The molecule has 0 aliphatic heterocycles. The van der Waals surface area contributed by atoms with Crippen LogP contribution in [0.15, 0.2) is 61.2 Å². The molecule has 3 rings (SSSR count). The van der Waals surface area contributed by atoms with E-state index in [1.807, 2.05) is 48.5 Å². The second-order valence-corrected chi connectivity index (χ2v) is 7.49. The molecule has 162 valence electrons. The van der Waals surface area contributed by atoms with E-state index in [0.717, 1.165) is 22.3 Å². The Balaban J connectivity index is 1.66. The number of aliphatic carboxylic acids is 1. The van der Waals surface area contributed by atoms with Gasteiger partial charge in [0.2, 0.25) is 5.91 Å². The van der Waals surface area contributed by atoms with Crippen LogP contribution in [0.4, 0.5) is 4.79 Å². The predicted molar refractivity (Wildman–Crippen MR) is 117 cm³/mol. The first kappa shape index (κ1) is 22.1. The van der Waals surface area contributed by atoms with Gasteiger partial charge in [0.05, 0.1) is 0 Å². The lowest BCUT2D eigenvalue weighted by Crippen LogP contribution is -2.49. The van der Waals surface area contributed by atoms with Gasteiger partial charge in [-0.1, -0.05) is 54.6 Å². The lowest BCUT2D eigenvalue weighted by atomic mass is 9.98. The van der Waals surface area contributed by atoms with Crippen LogP contribution in [0.5, 0.6) is 0 Å². The topological polar surface area (TPSA) is 105 Å². The van der Waals surface area contributed by atoms with Crippen LogP contribution in [0, 0.1) is 0 Å². The summed E-state index contributed by atoms with van der Waals surface area (Å²) in [5, 5.41) is 14.1. The molecular formula is C24H26N2O5. The SMILES string of the molecule is C=CC(C)NC(=O)C(CCC(=O)O)NC(=O)OCC1c2ccccc2-c2ccccc21. The highest BCUT2D eigenvalue weighted by atomic mass is 16.5.